The van der Waals surface area contributed by atoms with Crippen LogP contribution < -0.4 is 10.5 Å². The summed E-state index contributed by atoms with van der Waals surface area (Å²) >= 11 is 1.39. The van der Waals surface area contributed by atoms with Crippen LogP contribution in [0.25, 0.3) is 11.0 Å². The van der Waals surface area contributed by atoms with Gasteiger partial charge in [0.05, 0.1) is 30.0 Å². The van der Waals surface area contributed by atoms with Gasteiger partial charge in [-0.15, -0.1) is 0 Å². The van der Waals surface area contributed by atoms with Crippen LogP contribution in [0.2, 0.25) is 0 Å². The number of imidazole rings is 1. The minimum Gasteiger partial charge on any atom is -0.494 e. The third-order valence-corrected chi connectivity index (χ3v) is 3.37. The molecule has 0 radical (unpaired) electrons. The Morgan fingerprint density at radius 3 is 3.00 bits per heavy atom. The average Bonchev–Trinajstić information content (AvgIpc) is 2.80. The molecule has 102 valence electrons. The van der Waals surface area contributed by atoms with Gasteiger partial charge in [0.25, 0.3) is 0 Å². The fourth-order valence-electron chi connectivity index (χ4n) is 1.78. The van der Waals surface area contributed by atoms with Crippen LogP contribution >= 0.6 is 11.8 Å². The Kier molecular flexibility index (Phi) is 3.42. The summed E-state index contributed by atoms with van der Waals surface area (Å²) in [5.41, 5.74) is 7.41. The molecule has 3 aromatic rings. The normalized spacial score (nSPS) is 10.8. The fraction of sp³-hybridized carbons (Fsp3) is 0.154. The SMILES string of the molecule is CCOc1ccc2nc(Sc3cncc(N)n3)[nH]c2c1. The van der Waals surface area contributed by atoms with Crippen LogP contribution in [0.4, 0.5) is 5.82 Å². The van der Waals surface area contributed by atoms with E-state index in [1.54, 1.807) is 6.20 Å². The van der Waals surface area contributed by atoms with Crippen LogP contribution in [0.1, 0.15) is 6.92 Å². The van der Waals surface area contributed by atoms with E-state index in [0.29, 0.717) is 17.5 Å². The molecule has 3 rings (SSSR count). The molecule has 3 N–H and O–H groups in total. The monoisotopic (exact) mass is 287 g/mol. The summed E-state index contributed by atoms with van der Waals surface area (Å²) in [4.78, 5) is 15.9. The fourth-order valence-corrected chi connectivity index (χ4v) is 2.55. The summed E-state index contributed by atoms with van der Waals surface area (Å²) in [6, 6.07) is 5.76. The smallest absolute Gasteiger partial charge is 0.172 e. The highest BCUT2D eigenvalue weighted by molar-refractivity contribution is 7.99. The maximum Gasteiger partial charge on any atom is 0.172 e. The molecule has 2 heterocycles. The van der Waals surface area contributed by atoms with E-state index in [4.69, 9.17) is 10.5 Å². The van der Waals surface area contributed by atoms with Crippen molar-refractivity contribution in [3.05, 3.63) is 30.6 Å². The summed E-state index contributed by atoms with van der Waals surface area (Å²) in [6.45, 7) is 2.59. The van der Waals surface area contributed by atoms with Gasteiger partial charge in [-0.1, -0.05) is 0 Å². The zero-order valence-electron chi connectivity index (χ0n) is 10.8. The van der Waals surface area contributed by atoms with Crippen LogP contribution in [-0.2, 0) is 0 Å². The Balaban J connectivity index is 1.89. The molecule has 0 saturated heterocycles. The lowest BCUT2D eigenvalue weighted by atomic mass is 10.3. The number of nitrogens with zero attached hydrogens (tertiary/aromatic N) is 3. The van der Waals surface area contributed by atoms with Gasteiger partial charge in [0, 0.05) is 6.07 Å². The second kappa shape index (κ2) is 5.38. The van der Waals surface area contributed by atoms with E-state index in [-0.39, 0.29) is 0 Å². The Morgan fingerprint density at radius 1 is 1.30 bits per heavy atom. The van der Waals surface area contributed by atoms with Gasteiger partial charge in [-0.05, 0) is 30.8 Å². The molecule has 0 aliphatic rings. The van der Waals surface area contributed by atoms with Crippen LogP contribution in [-0.4, -0.2) is 26.5 Å². The Bertz CT molecular complexity index is 742. The molecule has 2 aromatic heterocycles. The highest BCUT2D eigenvalue weighted by Gasteiger charge is 2.07. The zero-order valence-corrected chi connectivity index (χ0v) is 11.6. The number of nitrogens with one attached hydrogen (secondary N) is 1. The van der Waals surface area contributed by atoms with Gasteiger partial charge in [0.1, 0.15) is 16.6 Å². The predicted molar refractivity (Wildman–Crippen MR) is 77.8 cm³/mol. The van der Waals surface area contributed by atoms with Crippen molar-refractivity contribution in [2.24, 2.45) is 0 Å². The molecule has 0 spiro atoms. The van der Waals surface area contributed by atoms with Crippen LogP contribution in [0.15, 0.2) is 40.8 Å². The van der Waals surface area contributed by atoms with Crippen molar-refractivity contribution in [3.63, 3.8) is 0 Å². The first kappa shape index (κ1) is 12.7. The van der Waals surface area contributed by atoms with E-state index in [1.807, 2.05) is 25.1 Å². The van der Waals surface area contributed by atoms with E-state index in [9.17, 15) is 0 Å². The maximum absolute atomic E-state index is 5.61. The molecular formula is C13H13N5OS. The number of fused-ring (bicyclic) bond motifs is 1. The molecule has 0 atom stereocenters. The van der Waals surface area contributed by atoms with Crippen LogP contribution in [0.3, 0.4) is 0 Å². The van der Waals surface area contributed by atoms with Crippen LogP contribution in [0.5, 0.6) is 5.75 Å². The van der Waals surface area contributed by atoms with Gasteiger partial charge >= 0.3 is 0 Å². The van der Waals surface area contributed by atoms with Crippen LogP contribution in [0, 0.1) is 0 Å². The standard InChI is InChI=1S/C13H13N5OS/c1-2-19-8-3-4-9-10(5-8)17-13(16-9)20-12-7-15-6-11(14)18-12/h3-7H,2H2,1H3,(H2,14,18)(H,16,17). The molecule has 6 nitrogen and oxygen atoms in total. The Morgan fingerprint density at radius 2 is 2.20 bits per heavy atom. The van der Waals surface area contributed by atoms with Crippen molar-refractivity contribution in [2.75, 3.05) is 12.3 Å². The maximum atomic E-state index is 5.61. The van der Waals surface area contributed by atoms with Crippen molar-refractivity contribution in [1.82, 2.24) is 19.9 Å². The molecule has 7 heteroatoms. The summed E-state index contributed by atoms with van der Waals surface area (Å²) in [5.74, 6) is 1.22. The average molecular weight is 287 g/mol. The number of hydrogen-bond acceptors (Lipinski definition) is 6. The number of aromatic nitrogens is 4. The van der Waals surface area contributed by atoms with E-state index < -0.39 is 0 Å². The molecule has 0 amide bonds. The third-order valence-electron chi connectivity index (χ3n) is 2.57. The summed E-state index contributed by atoms with van der Waals surface area (Å²) < 4.78 is 5.46. The number of aromatic amines is 1. The highest BCUT2D eigenvalue weighted by atomic mass is 32.2. The third kappa shape index (κ3) is 2.67. The molecule has 0 unspecified atom stereocenters. The van der Waals surface area contributed by atoms with Gasteiger partial charge in [-0.25, -0.2) is 9.97 Å². The van der Waals surface area contributed by atoms with Crippen molar-refractivity contribution < 1.29 is 4.74 Å². The number of ether oxygens (including phenoxy) is 1. The molecule has 20 heavy (non-hydrogen) atoms. The topological polar surface area (TPSA) is 89.7 Å². The lowest BCUT2D eigenvalue weighted by Gasteiger charge is -2.00. The summed E-state index contributed by atoms with van der Waals surface area (Å²) in [7, 11) is 0. The number of nitrogens with two attached hydrogens (primary N) is 1. The first-order chi connectivity index (χ1) is 9.74. The zero-order chi connectivity index (χ0) is 13.9. The lowest BCUT2D eigenvalue weighted by molar-refractivity contribution is 0.340. The molecule has 0 fully saturated rings. The van der Waals surface area contributed by atoms with Gasteiger partial charge in [0.15, 0.2) is 5.16 Å². The minimum absolute atomic E-state index is 0.393. The Hall–Kier alpha value is -2.28. The molecular weight excluding hydrogens is 274 g/mol. The van der Waals surface area contributed by atoms with E-state index in [1.165, 1.54) is 18.0 Å². The minimum atomic E-state index is 0.393. The first-order valence-corrected chi connectivity index (χ1v) is 6.94. The van der Waals surface area contributed by atoms with Crippen molar-refractivity contribution in [2.45, 2.75) is 17.1 Å². The quantitative estimate of drug-likeness (QED) is 0.766. The van der Waals surface area contributed by atoms with E-state index in [0.717, 1.165) is 21.9 Å². The predicted octanol–water partition coefficient (Wildman–Crippen LogP) is 2.48. The number of rotatable bonds is 4. The van der Waals surface area contributed by atoms with Gasteiger partial charge in [-0.3, -0.25) is 4.98 Å². The van der Waals surface area contributed by atoms with E-state index in [2.05, 4.69) is 19.9 Å². The molecule has 0 aliphatic heterocycles. The second-order valence-corrected chi connectivity index (χ2v) is 5.05. The first-order valence-electron chi connectivity index (χ1n) is 6.12. The van der Waals surface area contributed by atoms with Gasteiger partial charge < -0.3 is 15.5 Å². The van der Waals surface area contributed by atoms with Gasteiger partial charge in [-0.2, -0.15) is 0 Å². The number of H-pyrrole nitrogens is 1. The Labute approximate surface area is 119 Å². The summed E-state index contributed by atoms with van der Waals surface area (Å²) in [6.07, 6.45) is 3.16. The lowest BCUT2D eigenvalue weighted by Crippen LogP contribution is -1.92. The molecule has 1 aromatic carbocycles. The molecule has 0 aliphatic carbocycles. The number of anilines is 1. The molecule has 0 saturated carbocycles. The largest absolute Gasteiger partial charge is 0.494 e. The molecule has 0 bridgehead atoms. The van der Waals surface area contributed by atoms with Gasteiger partial charge in [0.2, 0.25) is 0 Å². The number of benzene rings is 1. The highest BCUT2D eigenvalue weighted by Crippen LogP contribution is 2.27. The van der Waals surface area contributed by atoms with E-state index >= 15 is 0 Å². The summed E-state index contributed by atoms with van der Waals surface area (Å²) in [5, 5.41) is 1.45. The number of nitrogen functional groups attached to an aromatic ring is 1. The second-order valence-electron chi connectivity index (χ2n) is 4.04. The van der Waals surface area contributed by atoms with Crippen molar-refractivity contribution >= 4 is 28.6 Å². The van der Waals surface area contributed by atoms with Crippen molar-refractivity contribution in [3.8, 4) is 5.75 Å². The van der Waals surface area contributed by atoms with Crippen molar-refractivity contribution in [1.29, 1.82) is 0 Å². The number of hydrogen-bond donors (Lipinski definition) is 2.